The van der Waals surface area contributed by atoms with Gasteiger partial charge >= 0.3 is 0 Å². The van der Waals surface area contributed by atoms with Gasteiger partial charge in [-0.05, 0) is 18.6 Å². The van der Waals surface area contributed by atoms with Crippen LogP contribution in [0.1, 0.15) is 12.0 Å². The molecule has 1 saturated heterocycles. The molecule has 1 aliphatic rings. The molecule has 0 N–H and O–H groups in total. The number of nitrogens with zero attached hydrogens (tertiary/aromatic N) is 3. The number of benzene rings is 1. The summed E-state index contributed by atoms with van der Waals surface area (Å²) in [7, 11) is -1.13. The molecule has 8 heteroatoms. The Morgan fingerprint density at radius 1 is 1.36 bits per heavy atom. The third-order valence-corrected chi connectivity index (χ3v) is 7.40. The summed E-state index contributed by atoms with van der Waals surface area (Å²) in [6, 6.07) is 9.79. The lowest BCUT2D eigenvalue weighted by Crippen LogP contribution is -2.28. The standard InChI is InChI=1S/C17H21N3O3S2/c1-19(17(21)12-24-16-7-8-25(22,23)13-16)10-14-9-18-20(11-14)15-5-3-2-4-6-15/h2-6,9,11,16H,7-8,10,12-13H2,1H3/t16-/m0/s1. The van der Waals surface area contributed by atoms with Crippen molar-refractivity contribution >= 4 is 27.5 Å². The fourth-order valence-corrected chi connectivity index (χ4v) is 6.30. The summed E-state index contributed by atoms with van der Waals surface area (Å²) in [6.07, 6.45) is 4.32. The summed E-state index contributed by atoms with van der Waals surface area (Å²) < 4.78 is 24.7. The lowest BCUT2D eigenvalue weighted by Gasteiger charge is -2.17. The van der Waals surface area contributed by atoms with E-state index in [4.69, 9.17) is 0 Å². The van der Waals surface area contributed by atoms with Crippen LogP contribution in [0.3, 0.4) is 0 Å². The highest BCUT2D eigenvalue weighted by molar-refractivity contribution is 8.02. The Kier molecular flexibility index (Phi) is 5.48. The van der Waals surface area contributed by atoms with E-state index >= 15 is 0 Å². The zero-order valence-electron chi connectivity index (χ0n) is 14.0. The predicted octanol–water partition coefficient (Wildman–Crippen LogP) is 1.75. The molecule has 0 saturated carbocycles. The van der Waals surface area contributed by atoms with E-state index in [1.165, 1.54) is 11.8 Å². The highest BCUT2D eigenvalue weighted by atomic mass is 32.2. The lowest BCUT2D eigenvalue weighted by atomic mass is 10.3. The largest absolute Gasteiger partial charge is 0.341 e. The molecule has 1 aromatic carbocycles. The fraction of sp³-hybridized carbons (Fsp3) is 0.412. The number of rotatable bonds is 6. The summed E-state index contributed by atoms with van der Waals surface area (Å²) in [4.78, 5) is 13.9. The number of carbonyl (C=O) groups excluding carboxylic acids is 1. The molecule has 1 aliphatic heterocycles. The second-order valence-electron chi connectivity index (χ2n) is 6.21. The molecule has 2 heterocycles. The van der Waals surface area contributed by atoms with Crippen molar-refractivity contribution in [1.82, 2.24) is 14.7 Å². The molecule has 6 nitrogen and oxygen atoms in total. The molecular weight excluding hydrogens is 358 g/mol. The summed E-state index contributed by atoms with van der Waals surface area (Å²) in [5.74, 6) is 0.747. The topological polar surface area (TPSA) is 72.3 Å². The zero-order chi connectivity index (χ0) is 17.9. The number of amides is 1. The van der Waals surface area contributed by atoms with Crippen molar-refractivity contribution in [3.63, 3.8) is 0 Å². The molecule has 1 fully saturated rings. The van der Waals surface area contributed by atoms with Gasteiger partial charge in [0.1, 0.15) is 0 Å². The highest BCUT2D eigenvalue weighted by Gasteiger charge is 2.28. The number of carbonyl (C=O) groups is 1. The van der Waals surface area contributed by atoms with Crippen molar-refractivity contribution in [2.24, 2.45) is 0 Å². The predicted molar refractivity (Wildman–Crippen MR) is 99.6 cm³/mol. The molecule has 25 heavy (non-hydrogen) atoms. The monoisotopic (exact) mass is 379 g/mol. The summed E-state index contributed by atoms with van der Waals surface area (Å²) >= 11 is 1.44. The van der Waals surface area contributed by atoms with E-state index in [-0.39, 0.29) is 22.7 Å². The van der Waals surface area contributed by atoms with Gasteiger partial charge in [-0.15, -0.1) is 11.8 Å². The van der Waals surface area contributed by atoms with Crippen molar-refractivity contribution in [3.8, 4) is 5.69 Å². The van der Waals surface area contributed by atoms with E-state index in [1.54, 1.807) is 22.8 Å². The van der Waals surface area contributed by atoms with Crippen LogP contribution in [0.5, 0.6) is 0 Å². The molecule has 0 aliphatic carbocycles. The molecule has 1 atom stereocenters. The molecule has 0 spiro atoms. The van der Waals surface area contributed by atoms with Gasteiger partial charge in [-0.25, -0.2) is 13.1 Å². The third-order valence-electron chi connectivity index (χ3n) is 4.14. The van der Waals surface area contributed by atoms with Crippen molar-refractivity contribution < 1.29 is 13.2 Å². The molecule has 0 radical (unpaired) electrons. The first kappa shape index (κ1) is 18.0. The van der Waals surface area contributed by atoms with E-state index < -0.39 is 9.84 Å². The molecule has 0 unspecified atom stereocenters. The summed E-state index contributed by atoms with van der Waals surface area (Å²) in [6.45, 7) is 0.481. The molecule has 1 amide bonds. The summed E-state index contributed by atoms with van der Waals surface area (Å²) in [5, 5.41) is 4.38. The van der Waals surface area contributed by atoms with E-state index in [0.29, 0.717) is 18.7 Å². The van der Waals surface area contributed by atoms with Gasteiger partial charge in [0.25, 0.3) is 0 Å². The van der Waals surface area contributed by atoms with Crippen LogP contribution in [0.15, 0.2) is 42.7 Å². The average Bonchev–Trinajstić information content (AvgIpc) is 3.19. The Balaban J connectivity index is 1.51. The molecule has 3 rings (SSSR count). The van der Waals surface area contributed by atoms with Gasteiger partial charge in [0.2, 0.25) is 5.91 Å². The van der Waals surface area contributed by atoms with Crippen molar-refractivity contribution in [1.29, 1.82) is 0 Å². The van der Waals surface area contributed by atoms with Crippen LogP contribution in [-0.4, -0.2) is 58.6 Å². The molecule has 1 aromatic heterocycles. The van der Waals surface area contributed by atoms with E-state index in [2.05, 4.69) is 5.10 Å². The Labute approximate surface area is 152 Å². The van der Waals surface area contributed by atoms with Crippen molar-refractivity contribution in [2.75, 3.05) is 24.3 Å². The van der Waals surface area contributed by atoms with Crippen LogP contribution >= 0.6 is 11.8 Å². The first-order chi connectivity index (χ1) is 11.9. The van der Waals surface area contributed by atoms with Crippen molar-refractivity contribution in [3.05, 3.63) is 48.3 Å². The van der Waals surface area contributed by atoms with Gasteiger partial charge in [-0.2, -0.15) is 5.10 Å². The van der Waals surface area contributed by atoms with Crippen LogP contribution < -0.4 is 0 Å². The lowest BCUT2D eigenvalue weighted by molar-refractivity contribution is -0.127. The van der Waals surface area contributed by atoms with Gasteiger partial charge in [0.05, 0.1) is 29.1 Å². The molecule has 134 valence electrons. The average molecular weight is 380 g/mol. The number of hydrogen-bond donors (Lipinski definition) is 0. The molecule has 2 aromatic rings. The van der Waals surface area contributed by atoms with Gasteiger partial charge in [0.15, 0.2) is 9.84 Å². The van der Waals surface area contributed by atoms with Crippen LogP contribution in [0.4, 0.5) is 0 Å². The minimum absolute atomic E-state index is 0.00163. The number of hydrogen-bond acceptors (Lipinski definition) is 5. The first-order valence-corrected chi connectivity index (χ1v) is 10.9. The molecule has 0 bridgehead atoms. The first-order valence-electron chi connectivity index (χ1n) is 8.08. The quantitative estimate of drug-likeness (QED) is 0.765. The second kappa shape index (κ2) is 7.61. The van der Waals surface area contributed by atoms with Crippen LogP contribution in [-0.2, 0) is 21.2 Å². The Hall–Kier alpha value is -1.80. The van der Waals surface area contributed by atoms with E-state index in [9.17, 15) is 13.2 Å². The minimum Gasteiger partial charge on any atom is -0.341 e. The zero-order valence-corrected chi connectivity index (χ0v) is 15.7. The maximum Gasteiger partial charge on any atom is 0.232 e. The van der Waals surface area contributed by atoms with Crippen LogP contribution in [0.2, 0.25) is 0 Å². The van der Waals surface area contributed by atoms with Gasteiger partial charge in [-0.1, -0.05) is 18.2 Å². The Morgan fingerprint density at radius 2 is 2.12 bits per heavy atom. The van der Waals surface area contributed by atoms with Crippen molar-refractivity contribution in [2.45, 2.75) is 18.2 Å². The third kappa shape index (κ3) is 4.85. The van der Waals surface area contributed by atoms with Crippen LogP contribution in [0.25, 0.3) is 5.69 Å². The Bertz CT molecular complexity index is 834. The SMILES string of the molecule is CN(Cc1cnn(-c2ccccc2)c1)C(=O)CS[C@H]1CCS(=O)(=O)C1. The maximum absolute atomic E-state index is 12.3. The number of para-hydroxylation sites is 1. The normalized spacial score (nSPS) is 19.0. The smallest absolute Gasteiger partial charge is 0.232 e. The highest BCUT2D eigenvalue weighted by Crippen LogP contribution is 2.24. The summed E-state index contributed by atoms with van der Waals surface area (Å²) in [5.41, 5.74) is 1.92. The Morgan fingerprint density at radius 3 is 2.80 bits per heavy atom. The van der Waals surface area contributed by atoms with E-state index in [1.807, 2.05) is 36.5 Å². The molecular formula is C17H21N3O3S2. The van der Waals surface area contributed by atoms with Crippen LogP contribution in [0, 0.1) is 0 Å². The minimum atomic E-state index is -2.89. The second-order valence-corrected chi connectivity index (χ2v) is 9.73. The fourth-order valence-electron chi connectivity index (χ4n) is 2.72. The number of aromatic nitrogens is 2. The maximum atomic E-state index is 12.3. The van der Waals surface area contributed by atoms with Gasteiger partial charge in [0, 0.05) is 30.6 Å². The number of thioether (sulfide) groups is 1. The number of sulfone groups is 1. The van der Waals surface area contributed by atoms with Gasteiger partial charge < -0.3 is 4.90 Å². The van der Waals surface area contributed by atoms with Gasteiger partial charge in [-0.3, -0.25) is 4.79 Å². The van der Waals surface area contributed by atoms with E-state index in [0.717, 1.165) is 11.3 Å².